The van der Waals surface area contributed by atoms with E-state index < -0.39 is 23.6 Å². The van der Waals surface area contributed by atoms with Gasteiger partial charge in [-0.15, -0.1) is 11.3 Å². The largest absolute Gasteiger partial charge is 0.419 e. The van der Waals surface area contributed by atoms with Crippen molar-refractivity contribution >= 4 is 11.3 Å². The van der Waals surface area contributed by atoms with E-state index in [1.807, 2.05) is 0 Å². The van der Waals surface area contributed by atoms with E-state index in [4.69, 9.17) is 0 Å². The van der Waals surface area contributed by atoms with Crippen molar-refractivity contribution in [2.45, 2.75) is 12.2 Å². The number of halogens is 4. The van der Waals surface area contributed by atoms with Crippen LogP contribution in [0.3, 0.4) is 0 Å². The fourth-order valence-corrected chi connectivity index (χ4v) is 2.37. The molecule has 19 heavy (non-hydrogen) atoms. The van der Waals surface area contributed by atoms with Gasteiger partial charge < -0.3 is 5.32 Å². The van der Waals surface area contributed by atoms with Crippen LogP contribution in [0.4, 0.5) is 17.6 Å². The number of aromatic nitrogens is 1. The van der Waals surface area contributed by atoms with E-state index in [0.717, 1.165) is 12.1 Å². The molecule has 1 atom stereocenters. The van der Waals surface area contributed by atoms with Crippen molar-refractivity contribution in [3.63, 3.8) is 0 Å². The van der Waals surface area contributed by atoms with Crippen molar-refractivity contribution in [2.75, 3.05) is 7.05 Å². The number of benzene rings is 1. The zero-order valence-electron chi connectivity index (χ0n) is 9.83. The molecular weight excluding hydrogens is 280 g/mol. The molecule has 1 aromatic heterocycles. The number of hydrogen-bond acceptors (Lipinski definition) is 3. The monoisotopic (exact) mass is 290 g/mol. The summed E-state index contributed by atoms with van der Waals surface area (Å²) in [5.41, 5.74) is 1.25. The third kappa shape index (κ3) is 2.93. The summed E-state index contributed by atoms with van der Waals surface area (Å²) >= 11 is 1.34. The molecular formula is C12H10F4N2S. The molecule has 0 radical (unpaired) electrons. The molecule has 2 rings (SSSR count). The number of thiazole rings is 1. The summed E-state index contributed by atoms with van der Waals surface area (Å²) in [7, 11) is 1.61. The second-order valence-electron chi connectivity index (χ2n) is 3.87. The second-order valence-corrected chi connectivity index (χ2v) is 4.59. The fourth-order valence-electron chi connectivity index (χ4n) is 1.79. The number of nitrogens with one attached hydrogen (secondary N) is 1. The van der Waals surface area contributed by atoms with E-state index in [9.17, 15) is 17.6 Å². The van der Waals surface area contributed by atoms with Crippen LogP contribution >= 0.6 is 11.3 Å². The molecule has 0 saturated carbocycles. The summed E-state index contributed by atoms with van der Waals surface area (Å²) in [6.07, 6.45) is -4.71. The SMILES string of the molecule is CNC(c1ccc(F)c(C(F)(F)F)c1)c1cscn1. The Bertz CT molecular complexity index is 551. The molecule has 0 saturated heterocycles. The molecule has 1 unspecified atom stereocenters. The van der Waals surface area contributed by atoms with Crippen LogP contribution in [0.15, 0.2) is 29.1 Å². The number of nitrogens with zero attached hydrogens (tertiary/aromatic N) is 1. The normalized spacial score (nSPS) is 13.5. The Hall–Kier alpha value is -1.47. The minimum Gasteiger partial charge on any atom is -0.308 e. The quantitative estimate of drug-likeness (QED) is 0.874. The van der Waals surface area contributed by atoms with Crippen molar-refractivity contribution in [1.82, 2.24) is 10.3 Å². The van der Waals surface area contributed by atoms with Crippen molar-refractivity contribution in [2.24, 2.45) is 0 Å². The summed E-state index contributed by atoms with van der Waals surface area (Å²) in [6.45, 7) is 0. The van der Waals surface area contributed by atoms with Crippen LogP contribution < -0.4 is 5.32 Å². The average molecular weight is 290 g/mol. The number of alkyl halides is 3. The molecule has 102 valence electrons. The van der Waals surface area contributed by atoms with Gasteiger partial charge in [-0.05, 0) is 24.7 Å². The van der Waals surface area contributed by atoms with Crippen LogP contribution in [0.2, 0.25) is 0 Å². The van der Waals surface area contributed by atoms with Gasteiger partial charge in [0.2, 0.25) is 0 Å². The zero-order valence-corrected chi connectivity index (χ0v) is 10.6. The van der Waals surface area contributed by atoms with Gasteiger partial charge in [-0.2, -0.15) is 13.2 Å². The Morgan fingerprint density at radius 3 is 2.58 bits per heavy atom. The molecule has 0 amide bonds. The molecule has 0 fully saturated rings. The molecule has 0 aliphatic carbocycles. The highest BCUT2D eigenvalue weighted by atomic mass is 32.1. The lowest BCUT2D eigenvalue weighted by Crippen LogP contribution is -2.19. The molecule has 7 heteroatoms. The molecule has 1 heterocycles. The molecule has 0 aliphatic rings. The zero-order chi connectivity index (χ0) is 14.0. The van der Waals surface area contributed by atoms with E-state index >= 15 is 0 Å². The van der Waals surface area contributed by atoms with Crippen LogP contribution in [-0.4, -0.2) is 12.0 Å². The molecule has 2 aromatic rings. The summed E-state index contributed by atoms with van der Waals surface area (Å²) in [6, 6.07) is 2.48. The molecule has 0 aliphatic heterocycles. The highest BCUT2D eigenvalue weighted by Crippen LogP contribution is 2.34. The standard InChI is InChI=1S/C12H10F4N2S/c1-17-11(10-5-19-6-18-10)7-2-3-9(13)8(4-7)12(14,15)16/h2-6,11,17H,1H3. The lowest BCUT2D eigenvalue weighted by molar-refractivity contribution is -0.140. The summed E-state index contributed by atoms with van der Waals surface area (Å²) < 4.78 is 51.2. The van der Waals surface area contributed by atoms with Gasteiger partial charge in [-0.3, -0.25) is 0 Å². The maximum absolute atomic E-state index is 13.2. The highest BCUT2D eigenvalue weighted by molar-refractivity contribution is 7.07. The Morgan fingerprint density at radius 1 is 1.32 bits per heavy atom. The van der Waals surface area contributed by atoms with Crippen molar-refractivity contribution in [1.29, 1.82) is 0 Å². The topological polar surface area (TPSA) is 24.9 Å². The first kappa shape index (κ1) is 14.0. The summed E-state index contributed by atoms with van der Waals surface area (Å²) in [5.74, 6) is -1.27. The molecule has 2 nitrogen and oxygen atoms in total. The lowest BCUT2D eigenvalue weighted by atomic mass is 10.0. The van der Waals surface area contributed by atoms with Gasteiger partial charge in [-0.25, -0.2) is 9.37 Å². The van der Waals surface area contributed by atoms with E-state index in [1.165, 1.54) is 17.4 Å². The first-order valence-corrected chi connectivity index (χ1v) is 6.29. The number of rotatable bonds is 3. The first-order valence-electron chi connectivity index (χ1n) is 5.35. The van der Waals surface area contributed by atoms with Crippen LogP contribution in [0, 0.1) is 5.82 Å². The van der Waals surface area contributed by atoms with Crippen LogP contribution in [0.1, 0.15) is 22.9 Å². The van der Waals surface area contributed by atoms with Crippen LogP contribution in [0.25, 0.3) is 0 Å². The van der Waals surface area contributed by atoms with Gasteiger partial charge in [0.15, 0.2) is 0 Å². The maximum Gasteiger partial charge on any atom is 0.419 e. The maximum atomic E-state index is 13.2. The van der Waals surface area contributed by atoms with Crippen molar-refractivity contribution in [3.8, 4) is 0 Å². The molecule has 1 aromatic carbocycles. The minimum atomic E-state index is -4.71. The van der Waals surface area contributed by atoms with Gasteiger partial charge in [0.25, 0.3) is 0 Å². The Kier molecular flexibility index (Phi) is 3.86. The Morgan fingerprint density at radius 2 is 2.05 bits per heavy atom. The summed E-state index contributed by atoms with van der Waals surface area (Å²) in [5, 5.41) is 4.61. The number of hydrogen-bond donors (Lipinski definition) is 1. The lowest BCUT2D eigenvalue weighted by Gasteiger charge is -2.16. The van der Waals surface area contributed by atoms with Gasteiger partial charge in [-0.1, -0.05) is 6.07 Å². The fraction of sp³-hybridized carbons (Fsp3) is 0.250. The third-order valence-electron chi connectivity index (χ3n) is 2.67. The predicted molar refractivity (Wildman–Crippen MR) is 64.4 cm³/mol. The predicted octanol–water partition coefficient (Wildman–Crippen LogP) is 3.61. The average Bonchev–Trinajstić information content (AvgIpc) is 2.84. The molecule has 0 spiro atoms. The van der Waals surface area contributed by atoms with E-state index in [-0.39, 0.29) is 0 Å². The first-order chi connectivity index (χ1) is 8.93. The Labute approximate surface area is 111 Å². The summed E-state index contributed by atoms with van der Waals surface area (Å²) in [4.78, 5) is 4.06. The van der Waals surface area contributed by atoms with Gasteiger partial charge in [0, 0.05) is 5.38 Å². The molecule has 0 bridgehead atoms. The molecule has 1 N–H and O–H groups in total. The van der Waals surface area contributed by atoms with Gasteiger partial charge in [0.05, 0.1) is 22.8 Å². The smallest absolute Gasteiger partial charge is 0.308 e. The third-order valence-corrected chi connectivity index (χ3v) is 3.27. The van der Waals surface area contributed by atoms with E-state index in [0.29, 0.717) is 11.3 Å². The van der Waals surface area contributed by atoms with Crippen molar-refractivity contribution in [3.05, 3.63) is 51.7 Å². The Balaban J connectivity index is 2.45. The van der Waals surface area contributed by atoms with E-state index in [2.05, 4.69) is 10.3 Å². The minimum absolute atomic E-state index is 0.321. The second kappa shape index (κ2) is 5.26. The van der Waals surface area contributed by atoms with Crippen molar-refractivity contribution < 1.29 is 17.6 Å². The highest BCUT2D eigenvalue weighted by Gasteiger charge is 2.34. The van der Waals surface area contributed by atoms with Crippen LogP contribution in [-0.2, 0) is 6.18 Å². The van der Waals surface area contributed by atoms with E-state index in [1.54, 1.807) is 17.9 Å². The van der Waals surface area contributed by atoms with Crippen LogP contribution in [0.5, 0.6) is 0 Å². The van der Waals surface area contributed by atoms with Gasteiger partial charge in [0.1, 0.15) is 5.82 Å². The van der Waals surface area contributed by atoms with Gasteiger partial charge >= 0.3 is 6.18 Å².